The Kier molecular flexibility index (Phi) is 7.28. The number of hydrogen-bond acceptors (Lipinski definition) is 4. The maximum atomic E-state index is 15.0. The molecule has 3 aromatic rings. The summed E-state index contributed by atoms with van der Waals surface area (Å²) in [5.41, 5.74) is 0.942. The fraction of sp³-hybridized carbons (Fsp3) is 0.296. The van der Waals surface area contributed by atoms with E-state index in [0.29, 0.717) is 37.0 Å². The number of carbonyl (C=O) groups is 1. The molecule has 35 heavy (non-hydrogen) atoms. The Hall–Kier alpha value is -3.55. The molecule has 1 aliphatic rings. The molecule has 0 bridgehead atoms. The molecule has 3 aromatic carbocycles. The molecule has 4 nitrogen and oxygen atoms in total. The second kappa shape index (κ2) is 10.4. The van der Waals surface area contributed by atoms with Crippen LogP contribution in [0.1, 0.15) is 37.2 Å². The summed E-state index contributed by atoms with van der Waals surface area (Å²) in [6, 6.07) is 12.1. The lowest BCUT2D eigenvalue weighted by molar-refractivity contribution is -0.140. The van der Waals surface area contributed by atoms with E-state index < -0.39 is 40.9 Å². The third-order valence-corrected chi connectivity index (χ3v) is 6.46. The van der Waals surface area contributed by atoms with Crippen molar-refractivity contribution in [1.82, 2.24) is 0 Å². The largest absolute Gasteiger partial charge is 0.497 e. The second-order valence-corrected chi connectivity index (χ2v) is 8.42. The van der Waals surface area contributed by atoms with Crippen molar-refractivity contribution in [2.45, 2.75) is 31.6 Å². The van der Waals surface area contributed by atoms with Crippen LogP contribution in [-0.4, -0.2) is 20.2 Å². The van der Waals surface area contributed by atoms with Crippen LogP contribution in [0.3, 0.4) is 0 Å². The fourth-order valence-corrected chi connectivity index (χ4v) is 4.46. The fourth-order valence-electron chi connectivity index (χ4n) is 4.46. The van der Waals surface area contributed by atoms with E-state index in [1.54, 1.807) is 36.4 Å². The van der Waals surface area contributed by atoms with Crippen molar-refractivity contribution in [3.8, 4) is 28.4 Å². The van der Waals surface area contributed by atoms with Crippen LogP contribution in [0.4, 0.5) is 17.6 Å². The number of benzene rings is 3. The van der Waals surface area contributed by atoms with Gasteiger partial charge < -0.3 is 14.2 Å². The molecule has 0 amide bonds. The predicted molar refractivity (Wildman–Crippen MR) is 122 cm³/mol. The van der Waals surface area contributed by atoms with Crippen molar-refractivity contribution < 1.29 is 36.6 Å². The van der Waals surface area contributed by atoms with Crippen molar-refractivity contribution in [3.63, 3.8) is 0 Å². The zero-order chi connectivity index (χ0) is 25.1. The minimum Gasteiger partial charge on any atom is -0.497 e. The SMILES string of the molecule is COc1ccc(-c2ccc(C3CCC(C(=O)Oc4ccc(OC)c(F)c4F)CC3)c(F)c2F)cc1. The lowest BCUT2D eigenvalue weighted by atomic mass is 9.78. The van der Waals surface area contributed by atoms with Crippen LogP contribution in [0.5, 0.6) is 17.2 Å². The van der Waals surface area contributed by atoms with Gasteiger partial charge in [0.05, 0.1) is 20.1 Å². The summed E-state index contributed by atoms with van der Waals surface area (Å²) < 4.78 is 72.8. The average molecular weight is 488 g/mol. The molecule has 1 saturated carbocycles. The first-order chi connectivity index (χ1) is 16.8. The van der Waals surface area contributed by atoms with Gasteiger partial charge in [0.2, 0.25) is 11.6 Å². The summed E-state index contributed by atoms with van der Waals surface area (Å²) >= 11 is 0. The average Bonchev–Trinajstić information content (AvgIpc) is 2.88. The number of halogens is 4. The van der Waals surface area contributed by atoms with Crippen LogP contribution in [0.2, 0.25) is 0 Å². The molecule has 0 spiro atoms. The van der Waals surface area contributed by atoms with E-state index in [1.165, 1.54) is 20.3 Å². The lowest BCUT2D eigenvalue weighted by Crippen LogP contribution is -2.26. The van der Waals surface area contributed by atoms with E-state index in [9.17, 15) is 22.4 Å². The van der Waals surface area contributed by atoms with Gasteiger partial charge in [-0.05, 0) is 67.0 Å². The van der Waals surface area contributed by atoms with E-state index in [0.717, 1.165) is 6.07 Å². The highest BCUT2D eigenvalue weighted by Gasteiger charge is 2.31. The van der Waals surface area contributed by atoms with Gasteiger partial charge in [-0.25, -0.2) is 8.78 Å². The van der Waals surface area contributed by atoms with E-state index in [4.69, 9.17) is 14.2 Å². The number of methoxy groups -OCH3 is 2. The third kappa shape index (κ3) is 4.97. The zero-order valence-electron chi connectivity index (χ0n) is 19.2. The minimum atomic E-state index is -1.30. The first kappa shape index (κ1) is 24.6. The van der Waals surface area contributed by atoms with Crippen LogP contribution >= 0.6 is 0 Å². The molecular weight excluding hydrogens is 464 g/mol. The van der Waals surface area contributed by atoms with Crippen molar-refractivity contribution in [2.24, 2.45) is 5.92 Å². The molecule has 1 fully saturated rings. The third-order valence-electron chi connectivity index (χ3n) is 6.46. The summed E-state index contributed by atoms with van der Waals surface area (Å²) in [6.07, 6.45) is 1.56. The van der Waals surface area contributed by atoms with E-state index in [-0.39, 0.29) is 22.8 Å². The second-order valence-electron chi connectivity index (χ2n) is 8.42. The minimum absolute atomic E-state index is 0.153. The summed E-state index contributed by atoms with van der Waals surface area (Å²) in [7, 11) is 2.72. The van der Waals surface area contributed by atoms with Crippen molar-refractivity contribution in [1.29, 1.82) is 0 Å². The standard InChI is InChI=1S/C27H24F4O4/c1-33-18-9-7-16(8-10-18)20-12-11-19(23(28)24(20)29)15-3-5-17(6-4-15)27(32)35-22-14-13-21(34-2)25(30)26(22)31/h7-15,17H,3-6H2,1-2H3. The Labute approximate surface area is 200 Å². The zero-order valence-corrected chi connectivity index (χ0v) is 19.2. The smallest absolute Gasteiger partial charge is 0.314 e. The van der Waals surface area contributed by atoms with Crippen LogP contribution in [-0.2, 0) is 4.79 Å². The number of ether oxygens (including phenoxy) is 3. The Morgan fingerprint density at radius 1 is 0.714 bits per heavy atom. The maximum Gasteiger partial charge on any atom is 0.314 e. The van der Waals surface area contributed by atoms with Crippen LogP contribution < -0.4 is 14.2 Å². The molecule has 1 aliphatic carbocycles. The molecule has 0 atom stereocenters. The van der Waals surface area contributed by atoms with Gasteiger partial charge in [-0.2, -0.15) is 8.78 Å². The molecule has 0 heterocycles. The first-order valence-electron chi connectivity index (χ1n) is 11.2. The normalized spacial score (nSPS) is 17.7. The van der Waals surface area contributed by atoms with Crippen molar-refractivity contribution in [3.05, 3.63) is 77.4 Å². The van der Waals surface area contributed by atoms with Gasteiger partial charge >= 0.3 is 5.97 Å². The van der Waals surface area contributed by atoms with Gasteiger partial charge in [-0.15, -0.1) is 0 Å². The number of carbonyl (C=O) groups excluding carboxylic acids is 1. The van der Waals surface area contributed by atoms with Crippen LogP contribution in [0.15, 0.2) is 48.5 Å². The highest BCUT2D eigenvalue weighted by atomic mass is 19.2. The molecule has 0 aromatic heterocycles. The molecule has 0 unspecified atom stereocenters. The Morgan fingerprint density at radius 3 is 1.97 bits per heavy atom. The van der Waals surface area contributed by atoms with Gasteiger partial charge in [-0.3, -0.25) is 4.79 Å². The molecule has 0 saturated heterocycles. The highest BCUT2D eigenvalue weighted by molar-refractivity contribution is 5.75. The highest BCUT2D eigenvalue weighted by Crippen LogP contribution is 2.40. The summed E-state index contributed by atoms with van der Waals surface area (Å²) in [4.78, 5) is 12.5. The first-order valence-corrected chi connectivity index (χ1v) is 11.2. The number of rotatable bonds is 6. The quantitative estimate of drug-likeness (QED) is 0.217. The van der Waals surface area contributed by atoms with E-state index >= 15 is 0 Å². The molecule has 0 N–H and O–H groups in total. The number of esters is 1. The van der Waals surface area contributed by atoms with E-state index in [1.807, 2.05) is 0 Å². The Balaban J connectivity index is 1.42. The molecule has 8 heteroatoms. The van der Waals surface area contributed by atoms with Gasteiger partial charge in [0.25, 0.3) is 0 Å². The molecule has 0 radical (unpaired) electrons. The topological polar surface area (TPSA) is 44.8 Å². The van der Waals surface area contributed by atoms with Crippen LogP contribution in [0.25, 0.3) is 11.1 Å². The van der Waals surface area contributed by atoms with E-state index in [2.05, 4.69) is 0 Å². The molecular formula is C27H24F4O4. The Morgan fingerprint density at radius 2 is 1.34 bits per heavy atom. The van der Waals surface area contributed by atoms with Crippen molar-refractivity contribution >= 4 is 5.97 Å². The molecule has 0 aliphatic heterocycles. The van der Waals surface area contributed by atoms with Crippen LogP contribution in [0, 0.1) is 29.2 Å². The van der Waals surface area contributed by atoms with Crippen molar-refractivity contribution in [2.75, 3.05) is 14.2 Å². The van der Waals surface area contributed by atoms with Gasteiger partial charge in [0, 0.05) is 5.56 Å². The summed E-state index contributed by atoms with van der Waals surface area (Å²) in [5.74, 6) is -6.08. The van der Waals surface area contributed by atoms with Gasteiger partial charge in [-0.1, -0.05) is 24.3 Å². The summed E-state index contributed by atoms with van der Waals surface area (Å²) in [6.45, 7) is 0. The predicted octanol–water partition coefficient (Wildman–Crippen LogP) is 6.81. The molecule has 4 rings (SSSR count). The number of hydrogen-bond donors (Lipinski definition) is 0. The summed E-state index contributed by atoms with van der Waals surface area (Å²) in [5, 5.41) is 0. The maximum absolute atomic E-state index is 15.0. The Bertz CT molecular complexity index is 1220. The molecule has 184 valence electrons. The lowest BCUT2D eigenvalue weighted by Gasteiger charge is -2.28. The monoisotopic (exact) mass is 488 g/mol. The van der Waals surface area contributed by atoms with Gasteiger partial charge in [0.15, 0.2) is 23.1 Å². The van der Waals surface area contributed by atoms with Gasteiger partial charge in [0.1, 0.15) is 5.75 Å².